The Morgan fingerprint density at radius 3 is 2.56 bits per heavy atom. The molecule has 1 saturated heterocycles. The molecule has 1 aliphatic heterocycles. The maximum absolute atomic E-state index is 12.6. The van der Waals surface area contributed by atoms with Gasteiger partial charge in [0.2, 0.25) is 0 Å². The van der Waals surface area contributed by atoms with Crippen molar-refractivity contribution in [2.75, 3.05) is 38.5 Å². The molecule has 7 heteroatoms. The number of nitrogens with two attached hydrogens (primary N) is 1. The van der Waals surface area contributed by atoms with E-state index in [-0.39, 0.29) is 12.5 Å². The number of nitrogens with zero attached hydrogens (tertiary/aromatic N) is 4. The summed E-state index contributed by atoms with van der Waals surface area (Å²) >= 11 is 0. The highest BCUT2D eigenvalue weighted by Crippen LogP contribution is 2.23. The van der Waals surface area contributed by atoms with Crippen LogP contribution < -0.4 is 10.5 Å². The third kappa shape index (κ3) is 4.99. The molecule has 0 saturated carbocycles. The van der Waals surface area contributed by atoms with E-state index in [0.29, 0.717) is 37.2 Å². The molecule has 0 bridgehead atoms. The van der Waals surface area contributed by atoms with E-state index in [2.05, 4.69) is 41.7 Å². The van der Waals surface area contributed by atoms with Gasteiger partial charge in [-0.2, -0.15) is 0 Å². The summed E-state index contributed by atoms with van der Waals surface area (Å²) in [4.78, 5) is 25.8. The molecule has 0 radical (unpaired) electrons. The number of aryl methyl sites for hydroxylation is 1. The first-order chi connectivity index (χ1) is 15.4. The largest absolute Gasteiger partial charge is 0.484 e. The number of piperazine rings is 1. The monoisotopic (exact) mass is 433 g/mol. The van der Waals surface area contributed by atoms with E-state index >= 15 is 0 Å². The number of carbonyl (C=O) groups is 1. The number of anilines is 1. The highest BCUT2D eigenvalue weighted by molar-refractivity contribution is 5.87. The second-order valence-electron chi connectivity index (χ2n) is 8.66. The number of aromatic nitrogens is 2. The first kappa shape index (κ1) is 22.0. The Bertz CT molecular complexity index is 1110. The Balaban J connectivity index is 1.28. The van der Waals surface area contributed by atoms with Gasteiger partial charge in [0.25, 0.3) is 5.91 Å². The molecular formula is C25H31N5O2. The van der Waals surface area contributed by atoms with Gasteiger partial charge in [0.15, 0.2) is 6.61 Å². The molecule has 0 atom stereocenters. The average molecular weight is 434 g/mol. The molecule has 0 spiro atoms. The number of nitrogen functional groups attached to an aromatic ring is 1. The van der Waals surface area contributed by atoms with Crippen LogP contribution in [0.25, 0.3) is 10.9 Å². The van der Waals surface area contributed by atoms with Gasteiger partial charge in [0.1, 0.15) is 17.4 Å². The number of rotatable bonds is 6. The molecule has 168 valence electrons. The van der Waals surface area contributed by atoms with E-state index in [1.807, 2.05) is 41.3 Å². The zero-order chi connectivity index (χ0) is 22.7. The van der Waals surface area contributed by atoms with Crippen LogP contribution in [0, 0.1) is 6.92 Å². The highest BCUT2D eigenvalue weighted by atomic mass is 16.5. The molecule has 2 heterocycles. The van der Waals surface area contributed by atoms with Gasteiger partial charge in [-0.1, -0.05) is 32.0 Å². The number of fused-ring (bicyclic) bond motifs is 1. The van der Waals surface area contributed by atoms with E-state index in [0.717, 1.165) is 29.7 Å². The number of hydrogen-bond donors (Lipinski definition) is 1. The molecule has 1 aromatic heterocycles. The van der Waals surface area contributed by atoms with Crippen LogP contribution in [0.3, 0.4) is 0 Å². The Kier molecular flexibility index (Phi) is 6.55. The summed E-state index contributed by atoms with van der Waals surface area (Å²) < 4.78 is 5.77. The summed E-state index contributed by atoms with van der Waals surface area (Å²) in [5.74, 6) is 2.45. The van der Waals surface area contributed by atoms with E-state index in [4.69, 9.17) is 10.5 Å². The van der Waals surface area contributed by atoms with E-state index in [1.54, 1.807) is 0 Å². The standard InChI is InChI=1S/C25H31N5O2/c1-17(2)20-9-8-19(14-18(20)3)32-16-24(31)30-12-10-29(11-13-30)15-23-27-22-7-5-4-6-21(22)25(26)28-23/h4-9,14,17H,10-13,15-16H2,1-3H3,(H2,26,27,28). The molecule has 0 unspecified atom stereocenters. The molecule has 3 aromatic rings. The summed E-state index contributed by atoms with van der Waals surface area (Å²) in [6.45, 7) is 9.97. The Morgan fingerprint density at radius 1 is 1.09 bits per heavy atom. The second-order valence-corrected chi connectivity index (χ2v) is 8.66. The van der Waals surface area contributed by atoms with Crippen LogP contribution in [-0.4, -0.2) is 58.5 Å². The predicted octanol–water partition coefficient (Wildman–Crippen LogP) is 3.37. The van der Waals surface area contributed by atoms with Crippen molar-refractivity contribution in [3.63, 3.8) is 0 Å². The van der Waals surface area contributed by atoms with Gasteiger partial charge < -0.3 is 15.4 Å². The molecule has 32 heavy (non-hydrogen) atoms. The summed E-state index contributed by atoms with van der Waals surface area (Å²) in [5, 5.41) is 0.876. The van der Waals surface area contributed by atoms with Crippen molar-refractivity contribution in [2.24, 2.45) is 0 Å². The number of carbonyl (C=O) groups excluding carboxylic acids is 1. The summed E-state index contributed by atoms with van der Waals surface area (Å²) in [5.41, 5.74) is 9.45. The molecule has 1 amide bonds. The molecule has 2 aromatic carbocycles. The van der Waals surface area contributed by atoms with Gasteiger partial charge >= 0.3 is 0 Å². The highest BCUT2D eigenvalue weighted by Gasteiger charge is 2.22. The van der Waals surface area contributed by atoms with Gasteiger partial charge in [-0.25, -0.2) is 9.97 Å². The minimum Gasteiger partial charge on any atom is -0.484 e. The number of para-hydroxylation sites is 1. The van der Waals surface area contributed by atoms with Crippen molar-refractivity contribution in [1.29, 1.82) is 0 Å². The fourth-order valence-electron chi connectivity index (χ4n) is 4.20. The Morgan fingerprint density at radius 2 is 1.84 bits per heavy atom. The van der Waals surface area contributed by atoms with Gasteiger partial charge in [0.05, 0.1) is 12.1 Å². The zero-order valence-electron chi connectivity index (χ0n) is 19.0. The molecular weight excluding hydrogens is 402 g/mol. The lowest BCUT2D eigenvalue weighted by Crippen LogP contribution is -2.49. The number of amides is 1. The average Bonchev–Trinajstić information content (AvgIpc) is 2.78. The number of benzene rings is 2. The summed E-state index contributed by atoms with van der Waals surface area (Å²) in [6, 6.07) is 13.8. The van der Waals surface area contributed by atoms with Crippen LogP contribution in [0.4, 0.5) is 5.82 Å². The fraction of sp³-hybridized carbons (Fsp3) is 0.400. The van der Waals surface area contributed by atoms with Crippen molar-refractivity contribution >= 4 is 22.6 Å². The number of hydrogen-bond acceptors (Lipinski definition) is 6. The molecule has 4 rings (SSSR count). The number of ether oxygens (including phenoxy) is 1. The third-order valence-corrected chi connectivity index (χ3v) is 5.99. The Hall–Kier alpha value is -3.19. The second kappa shape index (κ2) is 9.53. The molecule has 2 N–H and O–H groups in total. The van der Waals surface area contributed by atoms with Gasteiger partial charge in [-0.15, -0.1) is 0 Å². The van der Waals surface area contributed by atoms with Crippen molar-refractivity contribution in [3.8, 4) is 5.75 Å². The smallest absolute Gasteiger partial charge is 0.260 e. The maximum atomic E-state index is 12.6. The zero-order valence-corrected chi connectivity index (χ0v) is 19.0. The van der Waals surface area contributed by atoms with Crippen LogP contribution in [0.2, 0.25) is 0 Å². The minimum atomic E-state index is 0.0152. The van der Waals surface area contributed by atoms with Gasteiger partial charge in [0, 0.05) is 31.6 Å². The Labute approximate surface area is 189 Å². The normalized spacial score (nSPS) is 14.8. The van der Waals surface area contributed by atoms with Crippen molar-refractivity contribution in [1.82, 2.24) is 19.8 Å². The molecule has 7 nitrogen and oxygen atoms in total. The van der Waals surface area contributed by atoms with Gasteiger partial charge in [-0.05, 0) is 48.2 Å². The molecule has 1 fully saturated rings. The molecule has 1 aliphatic rings. The quantitative estimate of drug-likeness (QED) is 0.642. The summed E-state index contributed by atoms with van der Waals surface area (Å²) in [7, 11) is 0. The van der Waals surface area contributed by atoms with E-state index < -0.39 is 0 Å². The lowest BCUT2D eigenvalue weighted by Gasteiger charge is -2.34. The van der Waals surface area contributed by atoms with Crippen molar-refractivity contribution in [2.45, 2.75) is 33.2 Å². The van der Waals surface area contributed by atoms with Crippen LogP contribution >= 0.6 is 0 Å². The molecule has 0 aliphatic carbocycles. The first-order valence-electron chi connectivity index (χ1n) is 11.2. The predicted molar refractivity (Wildman–Crippen MR) is 127 cm³/mol. The van der Waals surface area contributed by atoms with Crippen LogP contribution in [0.5, 0.6) is 5.75 Å². The SMILES string of the molecule is Cc1cc(OCC(=O)N2CCN(Cc3nc(N)c4ccccc4n3)CC2)ccc1C(C)C. The van der Waals surface area contributed by atoms with E-state index in [9.17, 15) is 4.79 Å². The van der Waals surface area contributed by atoms with Crippen LogP contribution in [0.1, 0.15) is 36.7 Å². The maximum Gasteiger partial charge on any atom is 0.260 e. The lowest BCUT2D eigenvalue weighted by atomic mass is 9.98. The topological polar surface area (TPSA) is 84.6 Å². The van der Waals surface area contributed by atoms with Gasteiger partial charge in [-0.3, -0.25) is 9.69 Å². The van der Waals surface area contributed by atoms with Crippen LogP contribution in [-0.2, 0) is 11.3 Å². The lowest BCUT2D eigenvalue weighted by molar-refractivity contribution is -0.135. The first-order valence-corrected chi connectivity index (χ1v) is 11.2. The summed E-state index contributed by atoms with van der Waals surface area (Å²) in [6.07, 6.45) is 0. The van der Waals surface area contributed by atoms with Crippen molar-refractivity contribution in [3.05, 3.63) is 59.4 Å². The fourth-order valence-corrected chi connectivity index (χ4v) is 4.20. The minimum absolute atomic E-state index is 0.0152. The van der Waals surface area contributed by atoms with Crippen LogP contribution in [0.15, 0.2) is 42.5 Å². The third-order valence-electron chi connectivity index (χ3n) is 5.99. The van der Waals surface area contributed by atoms with Crippen molar-refractivity contribution < 1.29 is 9.53 Å². The van der Waals surface area contributed by atoms with E-state index in [1.165, 1.54) is 11.1 Å².